The van der Waals surface area contributed by atoms with Gasteiger partial charge in [0.2, 0.25) is 0 Å². The number of hydrogen-bond donors (Lipinski definition) is 0. The summed E-state index contributed by atoms with van der Waals surface area (Å²) < 4.78 is 0. The second-order valence-corrected chi connectivity index (χ2v) is 5.90. The van der Waals surface area contributed by atoms with Crippen molar-refractivity contribution in [1.82, 2.24) is 0 Å². The molecular weight excluding hydrogens is 292 g/mol. The van der Waals surface area contributed by atoms with Crippen LogP contribution in [-0.2, 0) is 0 Å². The molecule has 2 atom stereocenters. The summed E-state index contributed by atoms with van der Waals surface area (Å²) in [4.78, 5) is 1.16. The van der Waals surface area contributed by atoms with Crippen molar-refractivity contribution in [2.45, 2.75) is 30.4 Å². The molecule has 1 aromatic rings. The number of hydrogen-bond acceptors (Lipinski definition) is 0. The molecule has 0 heterocycles. The zero-order chi connectivity index (χ0) is 10.3. The molecule has 74 valence electrons. The van der Waals surface area contributed by atoms with Gasteiger partial charge in [-0.1, -0.05) is 81.6 Å². The molecule has 1 rings (SSSR count). The van der Waals surface area contributed by atoms with Gasteiger partial charge in [-0.25, -0.2) is 0 Å². The fourth-order valence-electron chi connectivity index (χ4n) is 0.534. The molecule has 0 saturated heterocycles. The molecule has 0 aliphatic carbocycles. The molecule has 0 aromatic heterocycles. The van der Waals surface area contributed by atoms with E-state index in [1.165, 1.54) is 5.56 Å². The van der Waals surface area contributed by atoms with Gasteiger partial charge >= 0.3 is 0 Å². The number of rotatable bonds is 1. The van der Waals surface area contributed by atoms with Gasteiger partial charge in [0.15, 0.2) is 0 Å². The summed E-state index contributed by atoms with van der Waals surface area (Å²) in [5.74, 6) is 0. The fraction of sp³-hybridized carbons (Fsp3) is 0.455. The van der Waals surface area contributed by atoms with Crippen LogP contribution in [-0.4, -0.2) is 9.65 Å². The van der Waals surface area contributed by atoms with Gasteiger partial charge in [-0.3, -0.25) is 0 Å². The Hall–Kier alpha value is 0.180. The molecule has 0 aliphatic rings. The van der Waals surface area contributed by atoms with Gasteiger partial charge in [0.05, 0.1) is 0 Å². The summed E-state index contributed by atoms with van der Waals surface area (Å²) >= 11 is 6.78. The predicted octanol–water partition coefficient (Wildman–Crippen LogP) is 4.55. The first-order valence-electron chi connectivity index (χ1n) is 4.34. The maximum Gasteiger partial charge on any atom is 0.0240 e. The zero-order valence-corrected chi connectivity index (χ0v) is 11.5. The molecule has 0 nitrogen and oxygen atoms in total. The monoisotopic (exact) mass is 306 g/mol. The van der Waals surface area contributed by atoms with Crippen LogP contribution in [0.15, 0.2) is 30.3 Å². The molecule has 1 aromatic carbocycles. The Bertz CT molecular complexity index is 199. The molecule has 0 amide bonds. The van der Waals surface area contributed by atoms with E-state index in [4.69, 9.17) is 0 Å². The first-order valence-corrected chi connectivity index (χ1v) is 6.17. The van der Waals surface area contributed by atoms with Gasteiger partial charge in [-0.15, -0.1) is 0 Å². The van der Waals surface area contributed by atoms with Crippen LogP contribution in [0, 0.1) is 6.92 Å². The maximum absolute atomic E-state index is 3.39. The van der Waals surface area contributed by atoms with Gasteiger partial charge in [0.25, 0.3) is 0 Å². The predicted molar refractivity (Wildman–Crippen MR) is 68.0 cm³/mol. The highest BCUT2D eigenvalue weighted by Crippen LogP contribution is 2.10. The van der Waals surface area contributed by atoms with Gasteiger partial charge in [0.1, 0.15) is 0 Å². The fourth-order valence-corrected chi connectivity index (χ4v) is 0.534. The first-order chi connectivity index (χ1) is 6.04. The van der Waals surface area contributed by atoms with Crippen molar-refractivity contribution in [3.63, 3.8) is 0 Å². The summed E-state index contributed by atoms with van der Waals surface area (Å²) in [6.45, 7) is 6.30. The number of alkyl halides is 2. The summed E-state index contributed by atoms with van der Waals surface area (Å²) in [6.07, 6.45) is 0. The molecule has 0 fully saturated rings. The Labute approximate surface area is 98.0 Å². The molecule has 0 N–H and O–H groups in total. The van der Waals surface area contributed by atoms with Crippen LogP contribution in [0.1, 0.15) is 19.4 Å². The van der Waals surface area contributed by atoms with E-state index in [2.05, 4.69) is 64.8 Å². The average Bonchev–Trinajstić information content (AvgIpc) is 2.06. The molecule has 0 saturated carbocycles. The minimum Gasteiger partial charge on any atom is -0.0882 e. The normalized spacial score (nSPS) is 13.9. The van der Waals surface area contributed by atoms with E-state index in [0.717, 1.165) is 0 Å². The molecular formula is C11H16Br2. The topological polar surface area (TPSA) is 0 Å². The van der Waals surface area contributed by atoms with Crippen LogP contribution in [0.5, 0.6) is 0 Å². The van der Waals surface area contributed by atoms with E-state index in [0.29, 0.717) is 9.65 Å². The lowest BCUT2D eigenvalue weighted by Crippen LogP contribution is -2.02. The third-order valence-electron chi connectivity index (χ3n) is 1.57. The number of benzene rings is 1. The van der Waals surface area contributed by atoms with Crippen LogP contribution in [0.2, 0.25) is 0 Å². The van der Waals surface area contributed by atoms with E-state index >= 15 is 0 Å². The molecule has 2 heteroatoms. The highest BCUT2D eigenvalue weighted by Gasteiger charge is 2.00. The van der Waals surface area contributed by atoms with Gasteiger partial charge in [-0.2, -0.15) is 0 Å². The van der Waals surface area contributed by atoms with Crippen molar-refractivity contribution >= 4 is 31.9 Å². The summed E-state index contributed by atoms with van der Waals surface area (Å²) in [6, 6.07) is 10.3. The quantitative estimate of drug-likeness (QED) is 0.668. The second kappa shape index (κ2) is 7.57. The lowest BCUT2D eigenvalue weighted by atomic mass is 10.2. The Morgan fingerprint density at radius 2 is 1.31 bits per heavy atom. The highest BCUT2D eigenvalue weighted by molar-refractivity contribution is 9.12. The van der Waals surface area contributed by atoms with Gasteiger partial charge in [-0.05, 0) is 6.92 Å². The Morgan fingerprint density at radius 3 is 1.46 bits per heavy atom. The minimum atomic E-state index is 0.581. The van der Waals surface area contributed by atoms with Crippen molar-refractivity contribution in [2.75, 3.05) is 0 Å². The standard InChI is InChI=1S/C7H8.C4H8Br2/c1-7-5-3-2-4-6-7;1-3(5)4(2)6/h2-6H,1H3;3-4H,1-2H3. The van der Waals surface area contributed by atoms with Gasteiger partial charge < -0.3 is 0 Å². The summed E-state index contributed by atoms with van der Waals surface area (Å²) in [5.41, 5.74) is 1.32. The molecule has 0 bridgehead atoms. The number of aryl methyl sites for hydroxylation is 1. The lowest BCUT2D eigenvalue weighted by molar-refractivity contribution is 0.959. The maximum atomic E-state index is 3.39. The molecule has 13 heavy (non-hydrogen) atoms. The summed E-state index contributed by atoms with van der Waals surface area (Å²) in [7, 11) is 0. The van der Waals surface area contributed by atoms with Crippen molar-refractivity contribution in [3.8, 4) is 0 Å². The van der Waals surface area contributed by atoms with E-state index in [9.17, 15) is 0 Å². The van der Waals surface area contributed by atoms with Crippen LogP contribution < -0.4 is 0 Å². The first kappa shape index (κ1) is 13.2. The molecule has 0 aliphatic heterocycles. The van der Waals surface area contributed by atoms with E-state index in [-0.39, 0.29) is 0 Å². The SMILES string of the molecule is CC(Br)C(C)Br.Cc1ccccc1. The van der Waals surface area contributed by atoms with E-state index in [1.54, 1.807) is 0 Å². The van der Waals surface area contributed by atoms with Crippen LogP contribution >= 0.6 is 31.9 Å². The van der Waals surface area contributed by atoms with Crippen LogP contribution in [0.4, 0.5) is 0 Å². The van der Waals surface area contributed by atoms with Crippen molar-refractivity contribution in [2.24, 2.45) is 0 Å². The Balaban J connectivity index is 0.000000226. The zero-order valence-electron chi connectivity index (χ0n) is 8.30. The van der Waals surface area contributed by atoms with Crippen LogP contribution in [0.3, 0.4) is 0 Å². The van der Waals surface area contributed by atoms with E-state index < -0.39 is 0 Å². The average molecular weight is 308 g/mol. The molecule has 2 unspecified atom stereocenters. The summed E-state index contributed by atoms with van der Waals surface area (Å²) in [5, 5.41) is 0. The third-order valence-corrected chi connectivity index (χ3v) is 3.87. The second-order valence-electron chi connectivity index (χ2n) is 3.01. The molecule has 0 radical (unpaired) electrons. The minimum absolute atomic E-state index is 0.581. The third kappa shape index (κ3) is 8.51. The Kier molecular flexibility index (Phi) is 7.68. The van der Waals surface area contributed by atoms with Crippen LogP contribution in [0.25, 0.3) is 0 Å². The van der Waals surface area contributed by atoms with Crippen molar-refractivity contribution in [1.29, 1.82) is 0 Å². The molecule has 0 spiro atoms. The highest BCUT2D eigenvalue weighted by atomic mass is 79.9. The number of halogens is 2. The van der Waals surface area contributed by atoms with Gasteiger partial charge in [0, 0.05) is 9.65 Å². The van der Waals surface area contributed by atoms with Crippen molar-refractivity contribution < 1.29 is 0 Å². The smallest absolute Gasteiger partial charge is 0.0240 e. The largest absolute Gasteiger partial charge is 0.0882 e. The van der Waals surface area contributed by atoms with E-state index in [1.807, 2.05) is 18.2 Å². The lowest BCUT2D eigenvalue weighted by Gasteiger charge is -2.01. The van der Waals surface area contributed by atoms with Crippen molar-refractivity contribution in [3.05, 3.63) is 35.9 Å². The Morgan fingerprint density at radius 1 is 0.923 bits per heavy atom.